The van der Waals surface area contributed by atoms with Gasteiger partial charge in [-0.2, -0.15) is 0 Å². The van der Waals surface area contributed by atoms with Crippen molar-refractivity contribution in [3.8, 4) is 0 Å². The average molecular weight is 284 g/mol. The van der Waals surface area contributed by atoms with Crippen LogP contribution in [0.1, 0.15) is 23.7 Å². The first-order valence-electron chi connectivity index (χ1n) is 5.89. The van der Waals surface area contributed by atoms with Gasteiger partial charge in [0, 0.05) is 12.0 Å². The topological polar surface area (TPSA) is 77.5 Å². The second kappa shape index (κ2) is 7.04. The van der Waals surface area contributed by atoms with Crippen LogP contribution in [0.25, 0.3) is 0 Å². The molecule has 1 rings (SSSR count). The van der Waals surface area contributed by atoms with E-state index in [-0.39, 0.29) is 24.6 Å². The Kier molecular flexibility index (Phi) is 5.69. The lowest BCUT2D eigenvalue weighted by molar-refractivity contribution is -0.139. The number of Topliss-reactive ketones (excluding diaryl/α,β-unsaturated/α-hetero) is 1. The quantitative estimate of drug-likeness (QED) is 0.556. The van der Waals surface area contributed by atoms with Crippen molar-refractivity contribution >= 4 is 21.6 Å². The zero-order valence-electron chi connectivity index (χ0n) is 10.7. The van der Waals surface area contributed by atoms with E-state index in [1.54, 1.807) is 37.3 Å². The van der Waals surface area contributed by atoms with Crippen molar-refractivity contribution < 1.29 is 22.7 Å². The Hall–Kier alpha value is -1.69. The van der Waals surface area contributed by atoms with Gasteiger partial charge in [0.15, 0.2) is 15.6 Å². The molecule has 0 fully saturated rings. The Morgan fingerprint density at radius 2 is 1.79 bits per heavy atom. The zero-order chi connectivity index (χ0) is 14.3. The monoisotopic (exact) mass is 284 g/mol. The molecule has 0 aromatic heterocycles. The Bertz CT molecular complexity index is 533. The lowest BCUT2D eigenvalue weighted by atomic mass is 10.1. The van der Waals surface area contributed by atoms with E-state index in [4.69, 9.17) is 0 Å². The van der Waals surface area contributed by atoms with E-state index in [0.717, 1.165) is 0 Å². The highest BCUT2D eigenvalue weighted by Gasteiger charge is 2.19. The first-order chi connectivity index (χ1) is 8.94. The summed E-state index contributed by atoms with van der Waals surface area (Å²) in [4.78, 5) is 22.8. The predicted octanol–water partition coefficient (Wildman–Crippen LogP) is 1.24. The second-order valence-electron chi connectivity index (χ2n) is 3.94. The average Bonchev–Trinajstić information content (AvgIpc) is 2.37. The van der Waals surface area contributed by atoms with Gasteiger partial charge in [0.1, 0.15) is 5.75 Å². The summed E-state index contributed by atoms with van der Waals surface area (Å²) in [6.07, 6.45) is -0.133. The molecule has 0 aliphatic carbocycles. The molecule has 0 bridgehead atoms. The lowest BCUT2D eigenvalue weighted by Gasteiger charge is -2.04. The number of esters is 1. The molecule has 0 aliphatic heterocycles. The highest BCUT2D eigenvalue weighted by Crippen LogP contribution is 2.05. The molecule has 0 saturated carbocycles. The van der Waals surface area contributed by atoms with Crippen molar-refractivity contribution in [2.75, 3.05) is 18.1 Å². The van der Waals surface area contributed by atoms with Crippen LogP contribution in [0.5, 0.6) is 0 Å². The fourth-order valence-electron chi connectivity index (χ4n) is 1.47. The van der Waals surface area contributed by atoms with E-state index in [1.807, 2.05) is 0 Å². The number of carbonyl (C=O) groups excluding carboxylic acids is 2. The summed E-state index contributed by atoms with van der Waals surface area (Å²) in [5, 5.41) is 0. The molecule has 104 valence electrons. The fraction of sp³-hybridized carbons (Fsp3) is 0.385. The minimum Gasteiger partial charge on any atom is -0.465 e. The van der Waals surface area contributed by atoms with E-state index >= 15 is 0 Å². The molecule has 0 amide bonds. The van der Waals surface area contributed by atoms with Gasteiger partial charge in [-0.25, -0.2) is 8.42 Å². The summed E-state index contributed by atoms with van der Waals surface area (Å²) in [5.74, 6) is -2.06. The van der Waals surface area contributed by atoms with Crippen LogP contribution in [-0.2, 0) is 19.4 Å². The van der Waals surface area contributed by atoms with Gasteiger partial charge in [-0.15, -0.1) is 0 Å². The van der Waals surface area contributed by atoms with Crippen LogP contribution in [0, 0.1) is 0 Å². The van der Waals surface area contributed by atoms with E-state index in [0.29, 0.717) is 5.56 Å². The van der Waals surface area contributed by atoms with Crippen molar-refractivity contribution in [3.05, 3.63) is 35.9 Å². The van der Waals surface area contributed by atoms with Crippen LogP contribution in [0.15, 0.2) is 30.3 Å². The third-order valence-electron chi connectivity index (χ3n) is 2.38. The lowest BCUT2D eigenvalue weighted by Crippen LogP contribution is -2.22. The minimum absolute atomic E-state index is 0.133. The molecular formula is C13H16O5S. The minimum atomic E-state index is -3.60. The van der Waals surface area contributed by atoms with Crippen molar-refractivity contribution in [1.82, 2.24) is 0 Å². The summed E-state index contributed by atoms with van der Waals surface area (Å²) in [6.45, 7) is 1.74. The number of hydrogen-bond donors (Lipinski definition) is 0. The molecule has 0 aliphatic rings. The second-order valence-corrected chi connectivity index (χ2v) is 6.12. The van der Waals surface area contributed by atoms with Gasteiger partial charge in [-0.3, -0.25) is 9.59 Å². The number of ether oxygens (including phenoxy) is 1. The Morgan fingerprint density at radius 1 is 1.16 bits per heavy atom. The van der Waals surface area contributed by atoms with E-state index in [1.165, 1.54) is 0 Å². The smallest absolute Gasteiger partial charge is 0.321 e. The summed E-state index contributed by atoms with van der Waals surface area (Å²) in [5.41, 5.74) is 0.467. The van der Waals surface area contributed by atoms with Gasteiger partial charge in [-0.1, -0.05) is 30.3 Å². The highest BCUT2D eigenvalue weighted by molar-refractivity contribution is 7.92. The van der Waals surface area contributed by atoms with Crippen molar-refractivity contribution in [2.24, 2.45) is 0 Å². The van der Waals surface area contributed by atoms with Crippen LogP contribution >= 0.6 is 0 Å². The summed E-state index contributed by atoms with van der Waals surface area (Å²) >= 11 is 0. The molecule has 0 radical (unpaired) electrons. The molecule has 6 heteroatoms. The zero-order valence-corrected chi connectivity index (χ0v) is 11.5. The van der Waals surface area contributed by atoms with Crippen LogP contribution in [0.4, 0.5) is 0 Å². The molecule has 0 heterocycles. The molecular weight excluding hydrogens is 268 g/mol. The van der Waals surface area contributed by atoms with Crippen molar-refractivity contribution in [1.29, 1.82) is 0 Å². The van der Waals surface area contributed by atoms with Gasteiger partial charge in [0.2, 0.25) is 0 Å². The number of ketones is 1. The number of sulfone groups is 1. The maximum Gasteiger partial charge on any atom is 0.321 e. The number of benzene rings is 1. The standard InChI is InChI=1S/C13H16O5S/c1-2-18-13(15)10-19(16,17)9-8-12(14)11-6-4-3-5-7-11/h3-7H,2,8-10H2,1H3. The van der Waals surface area contributed by atoms with Gasteiger partial charge in [-0.05, 0) is 6.92 Å². The number of hydrogen-bond acceptors (Lipinski definition) is 5. The molecule has 0 unspecified atom stereocenters. The van der Waals surface area contributed by atoms with E-state index in [2.05, 4.69) is 4.74 Å². The Morgan fingerprint density at radius 3 is 2.37 bits per heavy atom. The first-order valence-corrected chi connectivity index (χ1v) is 7.71. The van der Waals surface area contributed by atoms with Gasteiger partial charge in [0.05, 0.1) is 12.4 Å². The molecule has 0 N–H and O–H groups in total. The van der Waals surface area contributed by atoms with Gasteiger partial charge in [0.25, 0.3) is 0 Å². The Balaban J connectivity index is 2.52. The molecule has 0 atom stereocenters. The first kappa shape index (κ1) is 15.4. The SMILES string of the molecule is CCOC(=O)CS(=O)(=O)CCC(=O)c1ccccc1. The summed E-state index contributed by atoms with van der Waals surface area (Å²) in [7, 11) is -3.60. The maximum absolute atomic E-state index is 11.7. The van der Waals surface area contributed by atoms with Gasteiger partial charge < -0.3 is 4.74 Å². The summed E-state index contributed by atoms with van der Waals surface area (Å²) < 4.78 is 27.8. The highest BCUT2D eigenvalue weighted by atomic mass is 32.2. The number of carbonyl (C=O) groups is 2. The van der Waals surface area contributed by atoms with E-state index < -0.39 is 21.6 Å². The third kappa shape index (κ3) is 5.65. The molecule has 0 saturated heterocycles. The van der Waals surface area contributed by atoms with Gasteiger partial charge >= 0.3 is 5.97 Å². The predicted molar refractivity (Wildman–Crippen MR) is 70.7 cm³/mol. The molecule has 1 aromatic rings. The Labute approximate surface area is 112 Å². The normalized spacial score (nSPS) is 11.0. The third-order valence-corrected chi connectivity index (χ3v) is 3.88. The molecule has 1 aromatic carbocycles. The largest absolute Gasteiger partial charge is 0.465 e. The van der Waals surface area contributed by atoms with Crippen LogP contribution in [-0.4, -0.2) is 38.3 Å². The maximum atomic E-state index is 11.7. The van der Waals surface area contributed by atoms with Crippen molar-refractivity contribution in [3.63, 3.8) is 0 Å². The number of rotatable bonds is 7. The molecule has 19 heavy (non-hydrogen) atoms. The fourth-order valence-corrected chi connectivity index (χ4v) is 2.55. The summed E-state index contributed by atoms with van der Waals surface area (Å²) in [6, 6.07) is 8.44. The van der Waals surface area contributed by atoms with Crippen LogP contribution < -0.4 is 0 Å². The van der Waals surface area contributed by atoms with Crippen molar-refractivity contribution in [2.45, 2.75) is 13.3 Å². The van der Waals surface area contributed by atoms with Crippen LogP contribution in [0.3, 0.4) is 0 Å². The van der Waals surface area contributed by atoms with Crippen LogP contribution in [0.2, 0.25) is 0 Å². The molecule has 0 spiro atoms. The molecule has 5 nitrogen and oxygen atoms in total. The van der Waals surface area contributed by atoms with E-state index in [9.17, 15) is 18.0 Å².